The van der Waals surface area contributed by atoms with Crippen LogP contribution in [0.4, 0.5) is 4.79 Å². The SMILES string of the molecule is Cc1c2c(nc3ccccc13)CCN(C(=O)Oc1ccccc1)CC2. The minimum atomic E-state index is -0.291. The Morgan fingerprint density at radius 1 is 1.00 bits per heavy atom. The molecule has 2 aromatic carbocycles. The van der Waals surface area contributed by atoms with Gasteiger partial charge in [0.05, 0.1) is 5.52 Å². The van der Waals surface area contributed by atoms with E-state index < -0.39 is 0 Å². The molecule has 0 spiro atoms. The number of amides is 1. The van der Waals surface area contributed by atoms with Crippen LogP contribution in [0.5, 0.6) is 5.75 Å². The van der Waals surface area contributed by atoms with E-state index in [4.69, 9.17) is 9.72 Å². The number of aryl methyl sites for hydroxylation is 1. The third kappa shape index (κ3) is 3.07. The van der Waals surface area contributed by atoms with E-state index in [1.807, 2.05) is 30.3 Å². The summed E-state index contributed by atoms with van der Waals surface area (Å²) >= 11 is 0. The summed E-state index contributed by atoms with van der Waals surface area (Å²) in [5.41, 5.74) is 4.68. The third-order valence-electron chi connectivity index (χ3n) is 4.82. The predicted molar refractivity (Wildman–Crippen MR) is 97.9 cm³/mol. The molecule has 0 N–H and O–H groups in total. The highest BCUT2D eigenvalue weighted by molar-refractivity contribution is 5.83. The van der Waals surface area contributed by atoms with Crippen molar-refractivity contribution in [3.8, 4) is 5.75 Å². The first kappa shape index (κ1) is 15.6. The molecule has 4 nitrogen and oxygen atoms in total. The fourth-order valence-corrected chi connectivity index (χ4v) is 3.45. The van der Waals surface area contributed by atoms with Crippen molar-refractivity contribution < 1.29 is 9.53 Å². The highest BCUT2D eigenvalue weighted by Crippen LogP contribution is 2.26. The van der Waals surface area contributed by atoms with Crippen molar-refractivity contribution in [2.75, 3.05) is 13.1 Å². The van der Waals surface area contributed by atoms with Gasteiger partial charge in [-0.25, -0.2) is 4.79 Å². The second-order valence-electron chi connectivity index (χ2n) is 6.35. The molecule has 4 rings (SSSR count). The van der Waals surface area contributed by atoms with E-state index in [-0.39, 0.29) is 6.09 Å². The second-order valence-corrected chi connectivity index (χ2v) is 6.35. The zero-order valence-electron chi connectivity index (χ0n) is 14.2. The minimum Gasteiger partial charge on any atom is -0.410 e. The topological polar surface area (TPSA) is 42.4 Å². The maximum atomic E-state index is 12.5. The van der Waals surface area contributed by atoms with Gasteiger partial charge in [0.15, 0.2) is 0 Å². The van der Waals surface area contributed by atoms with Gasteiger partial charge in [-0.1, -0.05) is 36.4 Å². The molecule has 126 valence electrons. The Kier molecular flexibility index (Phi) is 4.10. The van der Waals surface area contributed by atoms with Crippen molar-refractivity contribution >= 4 is 17.0 Å². The van der Waals surface area contributed by atoms with E-state index >= 15 is 0 Å². The zero-order valence-corrected chi connectivity index (χ0v) is 14.2. The smallest absolute Gasteiger partial charge is 0.410 e. The molecule has 1 aromatic heterocycles. The molecule has 0 radical (unpaired) electrons. The number of aromatic nitrogens is 1. The summed E-state index contributed by atoms with van der Waals surface area (Å²) in [6, 6.07) is 17.4. The Labute approximate surface area is 147 Å². The van der Waals surface area contributed by atoms with Crippen molar-refractivity contribution in [3.05, 3.63) is 71.4 Å². The molecular weight excluding hydrogens is 312 g/mol. The van der Waals surface area contributed by atoms with Gasteiger partial charge < -0.3 is 9.64 Å². The summed E-state index contributed by atoms with van der Waals surface area (Å²) < 4.78 is 5.48. The van der Waals surface area contributed by atoms with E-state index in [9.17, 15) is 4.79 Å². The van der Waals surface area contributed by atoms with Crippen LogP contribution in [0.25, 0.3) is 10.9 Å². The number of para-hydroxylation sites is 2. The van der Waals surface area contributed by atoms with Crippen LogP contribution in [-0.2, 0) is 12.8 Å². The molecule has 4 heteroatoms. The summed E-state index contributed by atoms with van der Waals surface area (Å²) in [5.74, 6) is 0.578. The van der Waals surface area contributed by atoms with Crippen LogP contribution in [0.1, 0.15) is 16.8 Å². The Morgan fingerprint density at radius 2 is 1.72 bits per heavy atom. The quantitative estimate of drug-likeness (QED) is 0.672. The van der Waals surface area contributed by atoms with Crippen LogP contribution < -0.4 is 4.74 Å². The van der Waals surface area contributed by atoms with Gasteiger partial charge in [-0.2, -0.15) is 0 Å². The first-order valence-electron chi connectivity index (χ1n) is 8.61. The minimum absolute atomic E-state index is 0.291. The number of rotatable bonds is 1. The molecule has 0 bridgehead atoms. The van der Waals surface area contributed by atoms with Crippen molar-refractivity contribution in [2.45, 2.75) is 19.8 Å². The Morgan fingerprint density at radius 3 is 2.56 bits per heavy atom. The van der Waals surface area contributed by atoms with Gasteiger partial charge in [0.25, 0.3) is 0 Å². The van der Waals surface area contributed by atoms with Crippen molar-refractivity contribution in [2.24, 2.45) is 0 Å². The summed E-state index contributed by atoms with van der Waals surface area (Å²) in [4.78, 5) is 19.1. The third-order valence-corrected chi connectivity index (χ3v) is 4.82. The maximum absolute atomic E-state index is 12.5. The molecule has 2 heterocycles. The molecule has 25 heavy (non-hydrogen) atoms. The lowest BCUT2D eigenvalue weighted by atomic mass is 9.99. The van der Waals surface area contributed by atoms with Gasteiger partial charge in [0.1, 0.15) is 5.75 Å². The number of hydrogen-bond donors (Lipinski definition) is 0. The Bertz CT molecular complexity index is 922. The second kappa shape index (κ2) is 6.55. The van der Waals surface area contributed by atoms with Crippen LogP contribution >= 0.6 is 0 Å². The predicted octanol–water partition coefficient (Wildman–Crippen LogP) is 4.14. The fourth-order valence-electron chi connectivity index (χ4n) is 3.45. The average molecular weight is 332 g/mol. The molecule has 1 aliphatic rings. The number of carbonyl (C=O) groups is 1. The van der Waals surface area contributed by atoms with Gasteiger partial charge in [-0.15, -0.1) is 0 Å². The Balaban J connectivity index is 1.56. The molecule has 0 saturated carbocycles. The molecular formula is C21H20N2O2. The van der Waals surface area contributed by atoms with E-state index in [1.54, 1.807) is 17.0 Å². The van der Waals surface area contributed by atoms with Gasteiger partial charge in [-0.05, 0) is 42.7 Å². The number of fused-ring (bicyclic) bond motifs is 2. The van der Waals surface area contributed by atoms with E-state index in [0.29, 0.717) is 18.8 Å². The highest BCUT2D eigenvalue weighted by atomic mass is 16.6. The lowest BCUT2D eigenvalue weighted by Crippen LogP contribution is -2.35. The molecule has 3 aromatic rings. The number of nitrogens with zero attached hydrogens (tertiary/aromatic N) is 2. The Hall–Kier alpha value is -2.88. The van der Waals surface area contributed by atoms with Gasteiger partial charge in [0.2, 0.25) is 0 Å². The maximum Gasteiger partial charge on any atom is 0.415 e. The summed E-state index contributed by atoms with van der Waals surface area (Å²) in [5, 5.41) is 1.20. The van der Waals surface area contributed by atoms with E-state index in [0.717, 1.165) is 24.1 Å². The number of benzene rings is 2. The van der Waals surface area contributed by atoms with Gasteiger partial charge in [-0.3, -0.25) is 4.98 Å². The normalized spacial score (nSPS) is 14.0. The van der Waals surface area contributed by atoms with Crippen LogP contribution in [0.3, 0.4) is 0 Å². The van der Waals surface area contributed by atoms with Crippen molar-refractivity contribution in [1.29, 1.82) is 0 Å². The molecule has 0 fully saturated rings. The van der Waals surface area contributed by atoms with Crippen molar-refractivity contribution in [3.63, 3.8) is 0 Å². The molecule has 1 amide bonds. The summed E-state index contributed by atoms with van der Waals surface area (Å²) in [7, 11) is 0. The summed E-state index contributed by atoms with van der Waals surface area (Å²) in [6.45, 7) is 3.43. The number of ether oxygens (including phenoxy) is 1. The lowest BCUT2D eigenvalue weighted by Gasteiger charge is -2.19. The van der Waals surface area contributed by atoms with Crippen LogP contribution in [-0.4, -0.2) is 29.1 Å². The number of pyridine rings is 1. The highest BCUT2D eigenvalue weighted by Gasteiger charge is 2.22. The average Bonchev–Trinajstić information content (AvgIpc) is 2.86. The van der Waals surface area contributed by atoms with Crippen LogP contribution in [0, 0.1) is 6.92 Å². The van der Waals surface area contributed by atoms with Crippen molar-refractivity contribution in [1.82, 2.24) is 9.88 Å². The van der Waals surface area contributed by atoms with Gasteiger partial charge >= 0.3 is 6.09 Å². The molecule has 1 aliphatic heterocycles. The molecule has 0 atom stereocenters. The largest absolute Gasteiger partial charge is 0.415 e. The zero-order chi connectivity index (χ0) is 17.2. The molecule has 0 saturated heterocycles. The van der Waals surface area contributed by atoms with Gasteiger partial charge in [0, 0.05) is 30.6 Å². The fraction of sp³-hybridized carbons (Fsp3) is 0.238. The number of carbonyl (C=O) groups excluding carboxylic acids is 1. The summed E-state index contributed by atoms with van der Waals surface area (Å²) in [6.07, 6.45) is 1.27. The first-order valence-corrected chi connectivity index (χ1v) is 8.61. The monoisotopic (exact) mass is 332 g/mol. The van der Waals surface area contributed by atoms with Crippen LogP contribution in [0.2, 0.25) is 0 Å². The molecule has 0 aliphatic carbocycles. The standard InChI is InChI=1S/C21H20N2O2/c1-15-17-9-5-6-10-19(17)22-20-12-14-23(13-11-18(15)20)21(24)25-16-7-3-2-4-8-16/h2-10H,11-14H2,1H3. The number of hydrogen-bond acceptors (Lipinski definition) is 3. The first-order chi connectivity index (χ1) is 12.2. The van der Waals surface area contributed by atoms with E-state index in [2.05, 4.69) is 19.1 Å². The molecule has 0 unspecified atom stereocenters. The van der Waals surface area contributed by atoms with E-state index in [1.165, 1.54) is 16.5 Å². The van der Waals surface area contributed by atoms with Crippen LogP contribution in [0.15, 0.2) is 54.6 Å². The lowest BCUT2D eigenvalue weighted by molar-refractivity contribution is 0.154.